The van der Waals surface area contributed by atoms with Gasteiger partial charge in [0.05, 0.1) is 11.9 Å². The summed E-state index contributed by atoms with van der Waals surface area (Å²) in [6.45, 7) is 0.622. The van der Waals surface area contributed by atoms with Crippen molar-refractivity contribution in [3.63, 3.8) is 0 Å². The summed E-state index contributed by atoms with van der Waals surface area (Å²) < 4.78 is 5.87. The number of ether oxygens (including phenoxy) is 1. The molecule has 0 radical (unpaired) electrons. The summed E-state index contributed by atoms with van der Waals surface area (Å²) in [7, 11) is 0. The van der Waals surface area contributed by atoms with Crippen LogP contribution in [0.15, 0.2) is 73.1 Å². The number of nitrogens with zero attached hydrogens (tertiary/aromatic N) is 1. The van der Waals surface area contributed by atoms with E-state index in [4.69, 9.17) is 4.74 Å². The molecule has 22 heavy (non-hydrogen) atoms. The van der Waals surface area contributed by atoms with E-state index in [1.165, 1.54) is 0 Å². The van der Waals surface area contributed by atoms with Gasteiger partial charge in [0.25, 0.3) is 0 Å². The summed E-state index contributed by atoms with van der Waals surface area (Å²) in [5.41, 5.74) is 1.88. The average molecular weight is 292 g/mol. The minimum absolute atomic E-state index is 0.262. The van der Waals surface area contributed by atoms with E-state index < -0.39 is 0 Å². The van der Waals surface area contributed by atoms with Crippen LogP contribution >= 0.6 is 0 Å². The van der Waals surface area contributed by atoms with Gasteiger partial charge >= 0.3 is 0 Å². The van der Waals surface area contributed by atoms with Crippen molar-refractivity contribution in [2.24, 2.45) is 0 Å². The number of nitrogens with one attached hydrogen (secondary N) is 1. The maximum atomic E-state index is 9.30. The number of pyridine rings is 1. The number of aromatic nitrogens is 1. The van der Waals surface area contributed by atoms with Gasteiger partial charge in [0.1, 0.15) is 11.5 Å². The third-order valence-electron chi connectivity index (χ3n) is 3.17. The zero-order valence-corrected chi connectivity index (χ0v) is 11.9. The van der Waals surface area contributed by atoms with E-state index >= 15 is 0 Å². The van der Waals surface area contributed by atoms with Gasteiger partial charge in [0, 0.05) is 18.8 Å². The van der Waals surface area contributed by atoms with Crippen LogP contribution in [-0.2, 0) is 6.54 Å². The van der Waals surface area contributed by atoms with E-state index in [0.29, 0.717) is 6.54 Å². The van der Waals surface area contributed by atoms with E-state index in [9.17, 15) is 5.11 Å². The molecule has 1 heterocycles. The summed E-state index contributed by atoms with van der Waals surface area (Å²) in [5, 5.41) is 12.6. The van der Waals surface area contributed by atoms with Crippen molar-refractivity contribution in [2.75, 3.05) is 5.32 Å². The Hall–Kier alpha value is -3.01. The second-order valence-electron chi connectivity index (χ2n) is 4.81. The van der Waals surface area contributed by atoms with Crippen molar-refractivity contribution in [1.82, 2.24) is 4.98 Å². The number of phenolic OH excluding ortho intramolecular Hbond substituents is 1. The molecule has 4 nitrogen and oxygen atoms in total. The average Bonchev–Trinajstić information content (AvgIpc) is 2.56. The van der Waals surface area contributed by atoms with Crippen molar-refractivity contribution in [3.8, 4) is 17.2 Å². The fourth-order valence-corrected chi connectivity index (χ4v) is 2.03. The molecule has 0 saturated heterocycles. The van der Waals surface area contributed by atoms with Crippen LogP contribution in [0.1, 0.15) is 5.56 Å². The van der Waals surface area contributed by atoms with Crippen LogP contribution in [0.4, 0.5) is 5.69 Å². The second kappa shape index (κ2) is 6.63. The van der Waals surface area contributed by atoms with Gasteiger partial charge in [-0.3, -0.25) is 4.98 Å². The zero-order valence-electron chi connectivity index (χ0n) is 11.9. The van der Waals surface area contributed by atoms with E-state index in [0.717, 1.165) is 22.7 Å². The summed E-state index contributed by atoms with van der Waals surface area (Å²) in [4.78, 5) is 4.13. The van der Waals surface area contributed by atoms with E-state index in [1.54, 1.807) is 24.5 Å². The molecule has 0 saturated carbocycles. The minimum Gasteiger partial charge on any atom is -0.508 e. The smallest absolute Gasteiger partial charge is 0.153 e. The third-order valence-corrected chi connectivity index (χ3v) is 3.17. The van der Waals surface area contributed by atoms with Gasteiger partial charge in [-0.1, -0.05) is 30.3 Å². The van der Waals surface area contributed by atoms with E-state index in [1.807, 2.05) is 48.5 Å². The largest absolute Gasteiger partial charge is 0.508 e. The van der Waals surface area contributed by atoms with Crippen LogP contribution in [0.25, 0.3) is 0 Å². The number of para-hydroxylation sites is 1. The molecule has 0 bridgehead atoms. The number of aromatic hydroxyl groups is 1. The molecule has 0 aliphatic carbocycles. The lowest BCUT2D eigenvalue weighted by Crippen LogP contribution is -2.01. The highest BCUT2D eigenvalue weighted by Gasteiger charge is 2.05. The van der Waals surface area contributed by atoms with Gasteiger partial charge in [0.2, 0.25) is 0 Å². The third kappa shape index (κ3) is 3.55. The lowest BCUT2D eigenvalue weighted by molar-refractivity contribution is 0.475. The van der Waals surface area contributed by atoms with Crippen LogP contribution in [0.2, 0.25) is 0 Å². The van der Waals surface area contributed by atoms with Gasteiger partial charge in [-0.05, 0) is 29.8 Å². The lowest BCUT2D eigenvalue weighted by atomic mass is 10.2. The SMILES string of the molecule is Oc1ccc(CNc2cnccc2Oc2ccccc2)cc1. The molecule has 2 aromatic carbocycles. The first-order chi connectivity index (χ1) is 10.8. The molecule has 0 fully saturated rings. The summed E-state index contributed by atoms with van der Waals surface area (Å²) >= 11 is 0. The van der Waals surface area contributed by atoms with Gasteiger partial charge in [-0.15, -0.1) is 0 Å². The number of benzene rings is 2. The molecule has 1 aromatic heterocycles. The maximum Gasteiger partial charge on any atom is 0.153 e. The standard InChI is InChI=1S/C18H16N2O2/c21-15-8-6-14(7-9-15)12-20-17-13-19-11-10-18(17)22-16-4-2-1-3-5-16/h1-11,13,20-21H,12H2. The quantitative estimate of drug-likeness (QED) is 0.740. The number of anilines is 1. The van der Waals surface area contributed by atoms with E-state index in [-0.39, 0.29) is 5.75 Å². The molecule has 110 valence electrons. The van der Waals surface area contributed by atoms with Crippen molar-refractivity contribution >= 4 is 5.69 Å². The molecule has 0 aliphatic heterocycles. The van der Waals surface area contributed by atoms with Crippen molar-refractivity contribution < 1.29 is 9.84 Å². The lowest BCUT2D eigenvalue weighted by Gasteiger charge is -2.12. The predicted molar refractivity (Wildman–Crippen MR) is 86.2 cm³/mol. The Balaban J connectivity index is 1.72. The molecular formula is C18H16N2O2. The second-order valence-corrected chi connectivity index (χ2v) is 4.81. The molecule has 0 unspecified atom stereocenters. The van der Waals surface area contributed by atoms with Gasteiger partial charge in [-0.2, -0.15) is 0 Å². The Kier molecular flexibility index (Phi) is 4.20. The number of rotatable bonds is 5. The Morgan fingerprint density at radius 3 is 2.50 bits per heavy atom. The monoisotopic (exact) mass is 292 g/mol. The van der Waals surface area contributed by atoms with Gasteiger partial charge in [0.15, 0.2) is 5.75 Å². The first-order valence-corrected chi connectivity index (χ1v) is 7.00. The molecule has 0 spiro atoms. The Morgan fingerprint density at radius 2 is 1.73 bits per heavy atom. The predicted octanol–water partition coefficient (Wildman–Crippen LogP) is 4.19. The van der Waals surface area contributed by atoms with Crippen molar-refractivity contribution in [1.29, 1.82) is 0 Å². The van der Waals surface area contributed by atoms with E-state index in [2.05, 4.69) is 10.3 Å². The molecule has 3 rings (SSSR count). The first kappa shape index (κ1) is 13.9. The Morgan fingerprint density at radius 1 is 0.955 bits per heavy atom. The maximum absolute atomic E-state index is 9.30. The van der Waals surface area contributed by atoms with Crippen molar-refractivity contribution in [2.45, 2.75) is 6.54 Å². The fraction of sp³-hybridized carbons (Fsp3) is 0.0556. The summed E-state index contributed by atoms with van der Waals surface area (Å²) in [6.07, 6.45) is 3.43. The Bertz CT molecular complexity index is 728. The van der Waals surface area contributed by atoms with Gasteiger partial charge < -0.3 is 15.2 Å². The summed E-state index contributed by atoms with van der Waals surface area (Å²) in [6, 6.07) is 18.5. The van der Waals surface area contributed by atoms with Crippen LogP contribution in [0.5, 0.6) is 17.2 Å². The molecule has 0 atom stereocenters. The van der Waals surface area contributed by atoms with Crippen LogP contribution in [0, 0.1) is 0 Å². The minimum atomic E-state index is 0.262. The highest BCUT2D eigenvalue weighted by molar-refractivity contribution is 5.55. The summed E-state index contributed by atoms with van der Waals surface area (Å²) in [5.74, 6) is 1.76. The molecule has 4 heteroatoms. The number of hydrogen-bond acceptors (Lipinski definition) is 4. The number of hydrogen-bond donors (Lipinski definition) is 2. The fourth-order valence-electron chi connectivity index (χ4n) is 2.03. The molecule has 0 amide bonds. The zero-order chi connectivity index (χ0) is 15.2. The topological polar surface area (TPSA) is 54.4 Å². The highest BCUT2D eigenvalue weighted by atomic mass is 16.5. The van der Waals surface area contributed by atoms with Crippen molar-refractivity contribution in [3.05, 3.63) is 78.6 Å². The van der Waals surface area contributed by atoms with Crippen LogP contribution < -0.4 is 10.1 Å². The van der Waals surface area contributed by atoms with Crippen LogP contribution in [0.3, 0.4) is 0 Å². The molecule has 2 N–H and O–H groups in total. The number of phenols is 1. The van der Waals surface area contributed by atoms with Crippen LogP contribution in [-0.4, -0.2) is 10.1 Å². The Labute approximate surface area is 129 Å². The van der Waals surface area contributed by atoms with Gasteiger partial charge in [-0.25, -0.2) is 0 Å². The molecular weight excluding hydrogens is 276 g/mol. The molecule has 3 aromatic rings. The highest BCUT2D eigenvalue weighted by Crippen LogP contribution is 2.28. The first-order valence-electron chi connectivity index (χ1n) is 7.00. The molecule has 0 aliphatic rings. The normalized spacial score (nSPS) is 10.2.